The SMILES string of the molecule is COc1cc(NC2CCOC3(CCC3)C2)ccc1Br. The fourth-order valence-electron chi connectivity index (χ4n) is 3.06. The van der Waals surface area contributed by atoms with Gasteiger partial charge in [0.1, 0.15) is 5.75 Å². The zero-order valence-corrected chi connectivity index (χ0v) is 12.8. The molecule has 0 aromatic heterocycles. The third kappa shape index (κ3) is 2.75. The Morgan fingerprint density at radius 1 is 1.42 bits per heavy atom. The number of halogens is 1. The number of anilines is 1. The highest BCUT2D eigenvalue weighted by molar-refractivity contribution is 9.10. The van der Waals surface area contributed by atoms with Gasteiger partial charge < -0.3 is 14.8 Å². The van der Waals surface area contributed by atoms with Crippen LogP contribution in [0.5, 0.6) is 5.75 Å². The summed E-state index contributed by atoms with van der Waals surface area (Å²) in [6.07, 6.45) is 5.99. The summed E-state index contributed by atoms with van der Waals surface area (Å²) in [6.45, 7) is 0.880. The molecule has 3 rings (SSSR count). The van der Waals surface area contributed by atoms with Crippen LogP contribution in [0.4, 0.5) is 5.69 Å². The van der Waals surface area contributed by atoms with Crippen molar-refractivity contribution in [3.63, 3.8) is 0 Å². The quantitative estimate of drug-likeness (QED) is 0.912. The van der Waals surface area contributed by atoms with Crippen LogP contribution in [0.1, 0.15) is 32.1 Å². The molecule has 1 saturated carbocycles. The predicted molar refractivity (Wildman–Crippen MR) is 79.9 cm³/mol. The number of nitrogens with one attached hydrogen (secondary N) is 1. The van der Waals surface area contributed by atoms with Crippen LogP contribution in [0, 0.1) is 0 Å². The van der Waals surface area contributed by atoms with E-state index in [1.54, 1.807) is 7.11 Å². The highest BCUT2D eigenvalue weighted by atomic mass is 79.9. The second-order valence-electron chi connectivity index (χ2n) is 5.57. The van der Waals surface area contributed by atoms with E-state index in [1.165, 1.54) is 19.3 Å². The lowest BCUT2D eigenvalue weighted by Gasteiger charge is -2.47. The molecule has 3 nitrogen and oxygen atoms in total. The van der Waals surface area contributed by atoms with Crippen molar-refractivity contribution in [3.05, 3.63) is 22.7 Å². The monoisotopic (exact) mass is 325 g/mol. The van der Waals surface area contributed by atoms with Crippen molar-refractivity contribution in [3.8, 4) is 5.75 Å². The van der Waals surface area contributed by atoms with Gasteiger partial charge in [0.25, 0.3) is 0 Å². The fraction of sp³-hybridized carbons (Fsp3) is 0.600. The maximum atomic E-state index is 5.96. The van der Waals surface area contributed by atoms with E-state index in [9.17, 15) is 0 Å². The molecule has 1 saturated heterocycles. The largest absolute Gasteiger partial charge is 0.495 e. The Morgan fingerprint density at radius 3 is 2.95 bits per heavy atom. The number of rotatable bonds is 3. The van der Waals surface area contributed by atoms with Crippen molar-refractivity contribution in [2.45, 2.75) is 43.7 Å². The molecule has 1 N–H and O–H groups in total. The molecule has 1 heterocycles. The Morgan fingerprint density at radius 2 is 2.26 bits per heavy atom. The van der Waals surface area contributed by atoms with Crippen LogP contribution < -0.4 is 10.1 Å². The molecule has 4 heteroatoms. The van der Waals surface area contributed by atoms with Crippen LogP contribution in [-0.4, -0.2) is 25.4 Å². The molecule has 0 radical (unpaired) electrons. The Balaban J connectivity index is 1.67. The normalized spacial score (nSPS) is 24.8. The van der Waals surface area contributed by atoms with Crippen molar-refractivity contribution in [1.29, 1.82) is 0 Å². The number of hydrogen-bond donors (Lipinski definition) is 1. The highest BCUT2D eigenvalue weighted by Gasteiger charge is 2.42. The second kappa shape index (κ2) is 5.33. The van der Waals surface area contributed by atoms with Gasteiger partial charge >= 0.3 is 0 Å². The number of methoxy groups -OCH3 is 1. The van der Waals surface area contributed by atoms with Crippen molar-refractivity contribution in [1.82, 2.24) is 0 Å². The molecule has 19 heavy (non-hydrogen) atoms. The van der Waals surface area contributed by atoms with E-state index in [2.05, 4.69) is 27.3 Å². The van der Waals surface area contributed by atoms with Crippen molar-refractivity contribution in [2.75, 3.05) is 19.0 Å². The van der Waals surface area contributed by atoms with E-state index >= 15 is 0 Å². The summed E-state index contributed by atoms with van der Waals surface area (Å²) in [5.41, 5.74) is 1.32. The number of hydrogen-bond acceptors (Lipinski definition) is 3. The molecular weight excluding hydrogens is 306 g/mol. The second-order valence-corrected chi connectivity index (χ2v) is 6.42. The average molecular weight is 326 g/mol. The minimum atomic E-state index is 0.190. The fourth-order valence-corrected chi connectivity index (χ4v) is 3.46. The van der Waals surface area contributed by atoms with E-state index in [0.717, 1.165) is 35.4 Å². The Hall–Kier alpha value is -0.740. The van der Waals surface area contributed by atoms with Gasteiger partial charge in [-0.25, -0.2) is 0 Å². The summed E-state index contributed by atoms with van der Waals surface area (Å²) in [5.74, 6) is 0.871. The third-order valence-corrected chi connectivity index (χ3v) is 4.93. The third-order valence-electron chi connectivity index (χ3n) is 4.28. The van der Waals surface area contributed by atoms with E-state index in [0.29, 0.717) is 6.04 Å². The van der Waals surface area contributed by atoms with Gasteiger partial charge in [-0.1, -0.05) is 0 Å². The molecular formula is C15H20BrNO2. The lowest BCUT2D eigenvalue weighted by atomic mass is 9.74. The summed E-state index contributed by atoms with van der Waals surface area (Å²) in [5, 5.41) is 3.63. The molecule has 1 aliphatic carbocycles. The molecule has 1 spiro atoms. The van der Waals surface area contributed by atoms with Crippen LogP contribution in [0.2, 0.25) is 0 Å². The highest BCUT2D eigenvalue weighted by Crippen LogP contribution is 2.43. The maximum Gasteiger partial charge on any atom is 0.135 e. The zero-order valence-electron chi connectivity index (χ0n) is 11.2. The Labute approximate surface area is 122 Å². The molecule has 1 atom stereocenters. The Bertz CT molecular complexity index is 459. The van der Waals surface area contributed by atoms with Crippen LogP contribution in [0.3, 0.4) is 0 Å². The van der Waals surface area contributed by atoms with Crippen LogP contribution >= 0.6 is 15.9 Å². The van der Waals surface area contributed by atoms with E-state index < -0.39 is 0 Å². The van der Waals surface area contributed by atoms with Gasteiger partial charge in [-0.3, -0.25) is 0 Å². The predicted octanol–water partition coefficient (Wildman–Crippen LogP) is 3.97. The van der Waals surface area contributed by atoms with Gasteiger partial charge in [-0.05, 0) is 60.2 Å². The molecule has 1 aliphatic heterocycles. The van der Waals surface area contributed by atoms with Gasteiger partial charge in [-0.15, -0.1) is 0 Å². The van der Waals surface area contributed by atoms with Gasteiger partial charge in [0.2, 0.25) is 0 Å². The lowest BCUT2D eigenvalue weighted by Crippen LogP contribution is -2.48. The standard InChI is InChI=1S/C15H20BrNO2/c1-18-14-9-11(3-4-13(14)16)17-12-5-8-19-15(10-12)6-2-7-15/h3-4,9,12,17H,2,5-8,10H2,1H3. The van der Waals surface area contributed by atoms with Gasteiger partial charge in [-0.2, -0.15) is 0 Å². The maximum absolute atomic E-state index is 5.96. The molecule has 1 unspecified atom stereocenters. The summed E-state index contributed by atoms with van der Waals surface area (Å²) in [7, 11) is 1.70. The number of benzene rings is 1. The first-order chi connectivity index (χ1) is 9.21. The van der Waals surface area contributed by atoms with Gasteiger partial charge in [0.15, 0.2) is 0 Å². The molecule has 0 bridgehead atoms. The van der Waals surface area contributed by atoms with Crippen LogP contribution in [0.25, 0.3) is 0 Å². The average Bonchev–Trinajstić information content (AvgIpc) is 2.39. The molecule has 2 fully saturated rings. The smallest absolute Gasteiger partial charge is 0.135 e. The summed E-state index contributed by atoms with van der Waals surface area (Å²) in [4.78, 5) is 0. The van der Waals surface area contributed by atoms with Crippen molar-refractivity contribution >= 4 is 21.6 Å². The van der Waals surface area contributed by atoms with E-state index in [1.807, 2.05) is 12.1 Å². The first kappa shape index (κ1) is 13.3. The molecule has 0 amide bonds. The molecule has 1 aromatic carbocycles. The topological polar surface area (TPSA) is 30.5 Å². The minimum Gasteiger partial charge on any atom is -0.495 e. The van der Waals surface area contributed by atoms with E-state index in [4.69, 9.17) is 9.47 Å². The van der Waals surface area contributed by atoms with Crippen molar-refractivity contribution < 1.29 is 9.47 Å². The Kier molecular flexibility index (Phi) is 3.72. The van der Waals surface area contributed by atoms with Crippen LogP contribution in [-0.2, 0) is 4.74 Å². The van der Waals surface area contributed by atoms with Crippen LogP contribution in [0.15, 0.2) is 22.7 Å². The lowest BCUT2D eigenvalue weighted by molar-refractivity contribution is -0.130. The van der Waals surface area contributed by atoms with Crippen molar-refractivity contribution in [2.24, 2.45) is 0 Å². The van der Waals surface area contributed by atoms with E-state index in [-0.39, 0.29) is 5.60 Å². The summed E-state index contributed by atoms with van der Waals surface area (Å²) in [6, 6.07) is 6.68. The first-order valence-electron chi connectivity index (χ1n) is 6.95. The number of ether oxygens (including phenoxy) is 2. The zero-order chi connectivity index (χ0) is 13.3. The first-order valence-corrected chi connectivity index (χ1v) is 7.74. The summed E-state index contributed by atoms with van der Waals surface area (Å²) >= 11 is 3.48. The molecule has 2 aliphatic rings. The minimum absolute atomic E-state index is 0.190. The summed E-state index contributed by atoms with van der Waals surface area (Å²) < 4.78 is 12.3. The van der Waals surface area contributed by atoms with Gasteiger partial charge in [0.05, 0.1) is 17.2 Å². The molecule has 1 aromatic rings. The van der Waals surface area contributed by atoms with Gasteiger partial charge in [0, 0.05) is 24.4 Å². The molecule has 104 valence electrons.